The average molecular weight is 401 g/mol. The van der Waals surface area contributed by atoms with E-state index < -0.39 is 0 Å². The lowest BCUT2D eigenvalue weighted by molar-refractivity contribution is 0.187. The summed E-state index contributed by atoms with van der Waals surface area (Å²) in [6, 6.07) is 0. The summed E-state index contributed by atoms with van der Waals surface area (Å²) in [7, 11) is 0. The Morgan fingerprint density at radius 1 is 1.11 bits per heavy atom. The van der Waals surface area contributed by atoms with Crippen LogP contribution in [0.15, 0.2) is 23.8 Å². The molecular formula is C27H44S. The van der Waals surface area contributed by atoms with Gasteiger partial charge in [-0.05, 0) is 82.0 Å². The minimum Gasteiger partial charge on any atom is -0.106 e. The van der Waals surface area contributed by atoms with Crippen LogP contribution in [0.3, 0.4) is 0 Å². The highest BCUT2D eigenvalue weighted by Crippen LogP contribution is 2.40. The topological polar surface area (TPSA) is 0 Å². The molecule has 0 spiro atoms. The van der Waals surface area contributed by atoms with Crippen molar-refractivity contribution in [2.24, 2.45) is 29.6 Å². The molecule has 1 heteroatoms. The molecule has 158 valence electrons. The van der Waals surface area contributed by atoms with Crippen molar-refractivity contribution in [2.45, 2.75) is 99.3 Å². The third-order valence-electron chi connectivity index (χ3n) is 6.49. The molecule has 1 fully saturated rings. The van der Waals surface area contributed by atoms with Gasteiger partial charge in [0, 0.05) is 11.3 Å². The maximum Gasteiger partial charge on any atom is 0.0406 e. The molecule has 0 N–H and O–H groups in total. The van der Waals surface area contributed by atoms with Gasteiger partial charge >= 0.3 is 0 Å². The van der Waals surface area contributed by atoms with Gasteiger partial charge in [-0.1, -0.05) is 82.5 Å². The largest absolute Gasteiger partial charge is 0.106 e. The molecule has 2 atom stereocenters. The molecule has 0 amide bonds. The van der Waals surface area contributed by atoms with E-state index >= 15 is 0 Å². The van der Waals surface area contributed by atoms with Crippen molar-refractivity contribution in [3.8, 4) is 11.8 Å². The fourth-order valence-corrected chi connectivity index (χ4v) is 4.66. The molecule has 0 aromatic rings. The quantitative estimate of drug-likeness (QED) is 0.190. The van der Waals surface area contributed by atoms with E-state index in [1.807, 2.05) is 6.92 Å². The van der Waals surface area contributed by atoms with Crippen molar-refractivity contribution < 1.29 is 0 Å². The summed E-state index contributed by atoms with van der Waals surface area (Å²) in [5, 5.41) is 0. The molecule has 0 radical (unpaired) electrons. The van der Waals surface area contributed by atoms with E-state index in [0.717, 1.165) is 30.6 Å². The van der Waals surface area contributed by atoms with Crippen LogP contribution in [0.2, 0.25) is 0 Å². The molecule has 28 heavy (non-hydrogen) atoms. The van der Waals surface area contributed by atoms with Crippen LogP contribution >= 0.6 is 12.2 Å². The minimum absolute atomic E-state index is 0.485. The lowest BCUT2D eigenvalue weighted by Gasteiger charge is -2.36. The predicted octanol–water partition coefficient (Wildman–Crippen LogP) is 8.57. The second-order valence-electron chi connectivity index (χ2n) is 9.48. The van der Waals surface area contributed by atoms with E-state index in [9.17, 15) is 0 Å². The minimum atomic E-state index is 0.485. The van der Waals surface area contributed by atoms with Crippen molar-refractivity contribution in [3.63, 3.8) is 0 Å². The fraction of sp³-hybridized carbons (Fsp3) is 0.741. The molecule has 0 saturated heterocycles. The first-order chi connectivity index (χ1) is 13.3. The van der Waals surface area contributed by atoms with Crippen LogP contribution in [-0.2, 0) is 0 Å². The highest BCUT2D eigenvalue weighted by Gasteiger charge is 2.31. The SMILES string of the molecule is CC#CCC(=S)C(C)C(C/C(C)=C/CC=CCCC(C)C)C1CCC(C)CC1. The molecule has 0 aromatic heterocycles. The Morgan fingerprint density at radius 3 is 2.39 bits per heavy atom. The van der Waals surface area contributed by atoms with Crippen molar-refractivity contribution in [1.29, 1.82) is 0 Å². The van der Waals surface area contributed by atoms with Crippen LogP contribution in [0.25, 0.3) is 0 Å². The van der Waals surface area contributed by atoms with Gasteiger partial charge in [-0.3, -0.25) is 0 Å². The number of hydrogen-bond donors (Lipinski definition) is 0. The Balaban J connectivity index is 2.70. The first kappa shape index (κ1) is 25.2. The van der Waals surface area contributed by atoms with E-state index in [-0.39, 0.29) is 0 Å². The molecular weight excluding hydrogens is 356 g/mol. The normalized spacial score (nSPS) is 22.8. The Kier molecular flexibility index (Phi) is 12.7. The van der Waals surface area contributed by atoms with Crippen molar-refractivity contribution >= 4 is 17.1 Å². The van der Waals surface area contributed by atoms with Crippen LogP contribution in [0, 0.1) is 41.4 Å². The monoisotopic (exact) mass is 400 g/mol. The summed E-state index contributed by atoms with van der Waals surface area (Å²) in [4.78, 5) is 1.17. The third kappa shape index (κ3) is 10.1. The highest BCUT2D eigenvalue weighted by atomic mass is 32.1. The smallest absolute Gasteiger partial charge is 0.0406 e. The van der Waals surface area contributed by atoms with Gasteiger partial charge in [-0.25, -0.2) is 0 Å². The predicted molar refractivity (Wildman–Crippen MR) is 131 cm³/mol. The van der Waals surface area contributed by atoms with Crippen molar-refractivity contribution in [1.82, 2.24) is 0 Å². The maximum absolute atomic E-state index is 5.79. The van der Waals surface area contributed by atoms with Crippen LogP contribution in [-0.4, -0.2) is 4.86 Å². The summed E-state index contributed by atoms with van der Waals surface area (Å²) in [6.07, 6.45) is 18.2. The lowest BCUT2D eigenvalue weighted by atomic mass is 9.69. The Bertz CT molecular complexity index is 561. The number of hydrogen-bond acceptors (Lipinski definition) is 1. The van der Waals surface area contributed by atoms with Crippen molar-refractivity contribution in [3.05, 3.63) is 23.8 Å². The summed E-state index contributed by atoms with van der Waals surface area (Å²) < 4.78 is 0. The molecule has 0 nitrogen and oxygen atoms in total. The Labute approximate surface area is 181 Å². The van der Waals surface area contributed by atoms with E-state index in [1.165, 1.54) is 55.4 Å². The number of thiocarbonyl (C=S) groups is 1. The molecule has 1 aliphatic rings. The van der Waals surface area contributed by atoms with E-state index in [1.54, 1.807) is 0 Å². The van der Waals surface area contributed by atoms with Crippen LogP contribution < -0.4 is 0 Å². The number of allylic oxidation sites excluding steroid dienone is 4. The number of rotatable bonds is 11. The van der Waals surface area contributed by atoms with Gasteiger partial charge in [-0.15, -0.1) is 5.92 Å². The maximum atomic E-state index is 5.79. The molecule has 0 aromatic carbocycles. The van der Waals surface area contributed by atoms with Crippen LogP contribution in [0.4, 0.5) is 0 Å². The van der Waals surface area contributed by atoms with Crippen molar-refractivity contribution in [2.75, 3.05) is 0 Å². The van der Waals surface area contributed by atoms with Gasteiger partial charge in [-0.2, -0.15) is 0 Å². The third-order valence-corrected chi connectivity index (χ3v) is 7.01. The van der Waals surface area contributed by atoms with Gasteiger partial charge in [0.2, 0.25) is 0 Å². The van der Waals surface area contributed by atoms with E-state index in [0.29, 0.717) is 11.8 Å². The van der Waals surface area contributed by atoms with Gasteiger partial charge in [0.05, 0.1) is 0 Å². The Hall–Kier alpha value is -0.870. The van der Waals surface area contributed by atoms with Gasteiger partial charge in [0.1, 0.15) is 0 Å². The van der Waals surface area contributed by atoms with Gasteiger partial charge in [0.25, 0.3) is 0 Å². The van der Waals surface area contributed by atoms with Gasteiger partial charge in [0.15, 0.2) is 0 Å². The summed E-state index contributed by atoms with van der Waals surface area (Å²) in [6.45, 7) is 13.6. The summed E-state index contributed by atoms with van der Waals surface area (Å²) in [5.74, 6) is 9.89. The fourth-order valence-electron chi connectivity index (χ4n) is 4.41. The Morgan fingerprint density at radius 2 is 1.79 bits per heavy atom. The summed E-state index contributed by atoms with van der Waals surface area (Å²) in [5.41, 5.74) is 1.54. The molecule has 0 bridgehead atoms. The van der Waals surface area contributed by atoms with Crippen LogP contribution in [0.5, 0.6) is 0 Å². The highest BCUT2D eigenvalue weighted by molar-refractivity contribution is 7.80. The molecule has 0 aliphatic heterocycles. The van der Waals surface area contributed by atoms with Crippen LogP contribution in [0.1, 0.15) is 99.3 Å². The zero-order chi connectivity index (χ0) is 20.9. The second kappa shape index (κ2) is 14.2. The molecule has 1 saturated carbocycles. The standard InChI is InChI=1S/C27H44S/c1-7-8-15-27(28)24(6)26(25-18-16-22(4)17-19-25)20-23(5)14-12-10-9-11-13-21(2)3/h9-10,14,21-22,24-26H,11-13,15-20H2,1-6H3/b10-9?,23-14+. The first-order valence-corrected chi connectivity index (χ1v) is 12.0. The zero-order valence-electron chi connectivity index (χ0n) is 19.4. The van der Waals surface area contributed by atoms with Gasteiger partial charge < -0.3 is 0 Å². The molecule has 2 unspecified atom stereocenters. The van der Waals surface area contributed by atoms with E-state index in [4.69, 9.17) is 12.2 Å². The second-order valence-corrected chi connectivity index (χ2v) is 10.00. The van der Waals surface area contributed by atoms with E-state index in [2.05, 4.69) is 64.7 Å². The molecule has 0 heterocycles. The zero-order valence-corrected chi connectivity index (χ0v) is 20.2. The average Bonchev–Trinajstić information content (AvgIpc) is 2.67. The first-order valence-electron chi connectivity index (χ1n) is 11.6. The lowest BCUT2D eigenvalue weighted by Crippen LogP contribution is -2.29. The molecule has 1 aliphatic carbocycles. The molecule has 1 rings (SSSR count). The summed E-state index contributed by atoms with van der Waals surface area (Å²) >= 11 is 5.79.